The Morgan fingerprint density at radius 1 is 1.14 bits per heavy atom. The van der Waals surface area contributed by atoms with E-state index in [1.807, 2.05) is 14.1 Å². The van der Waals surface area contributed by atoms with Crippen LogP contribution in [0.1, 0.15) is 5.56 Å². The maximum absolute atomic E-state index is 11.8. The minimum Gasteiger partial charge on any atom is -0.378 e. The van der Waals surface area contributed by atoms with Crippen LogP contribution in [0.25, 0.3) is 0 Å². The summed E-state index contributed by atoms with van der Waals surface area (Å²) < 4.78 is 0. The van der Waals surface area contributed by atoms with Crippen LogP contribution in [0.4, 0.5) is 16.2 Å². The number of urea groups is 1. The van der Waals surface area contributed by atoms with E-state index in [9.17, 15) is 4.79 Å². The molecule has 0 heterocycles. The van der Waals surface area contributed by atoms with Gasteiger partial charge >= 0.3 is 6.03 Å². The first-order valence-electron chi connectivity index (χ1n) is 7.11. The second kappa shape index (κ2) is 7.71. The Morgan fingerprint density at radius 3 is 2.50 bits per heavy atom. The molecule has 116 valence electrons. The number of carbonyl (C=O) groups is 1. The third-order valence-electron chi connectivity index (χ3n) is 3.23. The molecule has 4 nitrogen and oxygen atoms in total. The summed E-state index contributed by atoms with van der Waals surface area (Å²) in [6, 6.07) is 15.1. The summed E-state index contributed by atoms with van der Waals surface area (Å²) >= 11 is 5.87. The van der Waals surface area contributed by atoms with E-state index in [1.54, 1.807) is 24.3 Å². The summed E-state index contributed by atoms with van der Waals surface area (Å²) in [7, 11) is 4.02. The highest BCUT2D eigenvalue weighted by Gasteiger charge is 2.02. The number of amides is 2. The van der Waals surface area contributed by atoms with Gasteiger partial charge in [-0.2, -0.15) is 0 Å². The quantitative estimate of drug-likeness (QED) is 0.881. The van der Waals surface area contributed by atoms with E-state index in [4.69, 9.17) is 11.6 Å². The van der Waals surface area contributed by atoms with Crippen molar-refractivity contribution in [3.05, 3.63) is 59.1 Å². The van der Waals surface area contributed by atoms with Crippen molar-refractivity contribution in [3.63, 3.8) is 0 Å². The van der Waals surface area contributed by atoms with Crippen LogP contribution in [0, 0.1) is 0 Å². The number of carbonyl (C=O) groups excluding carboxylic acids is 1. The first-order valence-corrected chi connectivity index (χ1v) is 7.49. The van der Waals surface area contributed by atoms with Crippen molar-refractivity contribution < 1.29 is 4.79 Å². The molecule has 0 atom stereocenters. The highest BCUT2D eigenvalue weighted by molar-refractivity contribution is 6.30. The Morgan fingerprint density at radius 2 is 1.86 bits per heavy atom. The van der Waals surface area contributed by atoms with Gasteiger partial charge in [-0.25, -0.2) is 4.79 Å². The average Bonchev–Trinajstić information content (AvgIpc) is 2.47. The molecule has 0 saturated heterocycles. The number of rotatable bonds is 5. The monoisotopic (exact) mass is 317 g/mol. The number of anilines is 2. The van der Waals surface area contributed by atoms with Crippen LogP contribution in [-0.2, 0) is 6.42 Å². The van der Waals surface area contributed by atoms with E-state index in [0.717, 1.165) is 12.1 Å². The predicted octanol–water partition coefficient (Wildman–Crippen LogP) is 3.77. The summed E-state index contributed by atoms with van der Waals surface area (Å²) in [5.74, 6) is 0. The largest absolute Gasteiger partial charge is 0.378 e. The molecule has 0 aliphatic heterocycles. The van der Waals surface area contributed by atoms with E-state index < -0.39 is 0 Å². The fourth-order valence-corrected chi connectivity index (χ4v) is 2.21. The molecular formula is C17H20ClN3O. The Hall–Kier alpha value is -2.20. The van der Waals surface area contributed by atoms with Gasteiger partial charge in [-0.3, -0.25) is 0 Å². The summed E-state index contributed by atoms with van der Waals surface area (Å²) in [4.78, 5) is 13.8. The number of benzene rings is 2. The lowest BCUT2D eigenvalue weighted by molar-refractivity contribution is 0.252. The number of nitrogens with one attached hydrogen (secondary N) is 2. The summed E-state index contributed by atoms with van der Waals surface area (Å²) in [5, 5.41) is 6.18. The van der Waals surface area contributed by atoms with Gasteiger partial charge in [0.25, 0.3) is 0 Å². The lowest BCUT2D eigenvalue weighted by Gasteiger charge is -2.13. The molecule has 2 aromatic rings. The Balaban J connectivity index is 1.77. The normalized spacial score (nSPS) is 10.1. The van der Waals surface area contributed by atoms with Gasteiger partial charge in [-0.1, -0.05) is 29.8 Å². The SMILES string of the molecule is CN(C)c1ccc(CCNC(=O)Nc2cccc(Cl)c2)cc1. The number of hydrogen-bond acceptors (Lipinski definition) is 2. The highest BCUT2D eigenvalue weighted by atomic mass is 35.5. The van der Waals surface area contributed by atoms with Crippen molar-refractivity contribution in [3.8, 4) is 0 Å². The van der Waals surface area contributed by atoms with Gasteiger partial charge in [-0.05, 0) is 42.3 Å². The lowest BCUT2D eigenvalue weighted by atomic mass is 10.1. The third-order valence-corrected chi connectivity index (χ3v) is 3.47. The molecule has 5 heteroatoms. The van der Waals surface area contributed by atoms with E-state index in [0.29, 0.717) is 17.3 Å². The molecule has 2 rings (SSSR count). The second-order valence-electron chi connectivity index (χ2n) is 5.20. The minimum absolute atomic E-state index is 0.229. The summed E-state index contributed by atoms with van der Waals surface area (Å²) in [5.41, 5.74) is 3.03. The van der Waals surface area contributed by atoms with Crippen LogP contribution < -0.4 is 15.5 Å². The Labute approximate surface area is 136 Å². The lowest BCUT2D eigenvalue weighted by Crippen LogP contribution is -2.30. The van der Waals surface area contributed by atoms with Gasteiger partial charge < -0.3 is 15.5 Å². The molecule has 0 radical (unpaired) electrons. The first kappa shape index (κ1) is 16.2. The zero-order valence-electron chi connectivity index (χ0n) is 12.8. The van der Waals surface area contributed by atoms with Gasteiger partial charge in [0.2, 0.25) is 0 Å². The van der Waals surface area contributed by atoms with E-state index in [2.05, 4.69) is 39.8 Å². The molecule has 0 aliphatic rings. The third kappa shape index (κ3) is 4.97. The van der Waals surface area contributed by atoms with E-state index >= 15 is 0 Å². The maximum Gasteiger partial charge on any atom is 0.319 e. The standard InChI is InChI=1S/C17H20ClN3O/c1-21(2)16-8-6-13(7-9-16)10-11-19-17(22)20-15-5-3-4-14(18)12-15/h3-9,12H,10-11H2,1-2H3,(H2,19,20,22). The molecule has 0 saturated carbocycles. The molecule has 0 fully saturated rings. The first-order chi connectivity index (χ1) is 10.5. The minimum atomic E-state index is -0.229. The molecule has 2 aromatic carbocycles. The van der Waals surface area contributed by atoms with Gasteiger partial charge in [0.1, 0.15) is 0 Å². The van der Waals surface area contributed by atoms with Crippen LogP contribution >= 0.6 is 11.6 Å². The molecule has 0 spiro atoms. The van der Waals surface area contributed by atoms with Gasteiger partial charge in [0.05, 0.1) is 0 Å². The van der Waals surface area contributed by atoms with Crippen LogP contribution in [0.2, 0.25) is 5.02 Å². The average molecular weight is 318 g/mol. The highest BCUT2D eigenvalue weighted by Crippen LogP contribution is 2.15. The zero-order chi connectivity index (χ0) is 15.9. The molecular weight excluding hydrogens is 298 g/mol. The van der Waals surface area contributed by atoms with Crippen LogP contribution in [0.5, 0.6) is 0 Å². The predicted molar refractivity (Wildman–Crippen MR) is 92.9 cm³/mol. The number of halogens is 1. The molecule has 0 bridgehead atoms. The van der Waals surface area contributed by atoms with E-state index in [1.165, 1.54) is 5.56 Å². The molecule has 0 aliphatic carbocycles. The van der Waals surface area contributed by atoms with Crippen molar-refractivity contribution in [2.75, 3.05) is 30.9 Å². The van der Waals surface area contributed by atoms with Crippen molar-refractivity contribution in [1.29, 1.82) is 0 Å². The van der Waals surface area contributed by atoms with Gasteiger partial charge in [-0.15, -0.1) is 0 Å². The fraction of sp³-hybridized carbons (Fsp3) is 0.235. The number of nitrogens with zero attached hydrogens (tertiary/aromatic N) is 1. The van der Waals surface area contributed by atoms with Crippen molar-refractivity contribution in [2.24, 2.45) is 0 Å². The topological polar surface area (TPSA) is 44.4 Å². The van der Waals surface area contributed by atoms with Crippen LogP contribution in [-0.4, -0.2) is 26.7 Å². The van der Waals surface area contributed by atoms with Crippen molar-refractivity contribution >= 4 is 29.0 Å². The molecule has 0 aromatic heterocycles. The van der Waals surface area contributed by atoms with Crippen LogP contribution in [0.3, 0.4) is 0 Å². The zero-order valence-corrected chi connectivity index (χ0v) is 13.5. The Bertz CT molecular complexity index is 626. The Kier molecular flexibility index (Phi) is 5.67. The van der Waals surface area contributed by atoms with Crippen LogP contribution in [0.15, 0.2) is 48.5 Å². The van der Waals surface area contributed by atoms with Crippen molar-refractivity contribution in [1.82, 2.24) is 5.32 Å². The van der Waals surface area contributed by atoms with Gasteiger partial charge in [0, 0.05) is 37.0 Å². The summed E-state index contributed by atoms with van der Waals surface area (Å²) in [6.07, 6.45) is 0.788. The smallest absolute Gasteiger partial charge is 0.319 e. The molecule has 0 unspecified atom stereocenters. The fourth-order valence-electron chi connectivity index (χ4n) is 2.02. The molecule has 2 N–H and O–H groups in total. The van der Waals surface area contributed by atoms with Gasteiger partial charge in [0.15, 0.2) is 0 Å². The van der Waals surface area contributed by atoms with E-state index in [-0.39, 0.29) is 6.03 Å². The summed E-state index contributed by atoms with van der Waals surface area (Å²) in [6.45, 7) is 0.577. The molecule has 2 amide bonds. The second-order valence-corrected chi connectivity index (χ2v) is 5.64. The molecule has 22 heavy (non-hydrogen) atoms. The number of hydrogen-bond donors (Lipinski definition) is 2. The maximum atomic E-state index is 11.8. The van der Waals surface area contributed by atoms with Crippen molar-refractivity contribution in [2.45, 2.75) is 6.42 Å².